The number of thiophene rings is 1. The number of carbonyl (C=O) groups excluding carboxylic acids is 1. The average Bonchev–Trinajstić information content (AvgIpc) is 3.04. The zero-order valence-corrected chi connectivity index (χ0v) is 13.7. The van der Waals surface area contributed by atoms with Crippen LogP contribution < -0.4 is 0 Å². The Morgan fingerprint density at radius 2 is 1.88 bits per heavy atom. The van der Waals surface area contributed by atoms with Crippen LogP contribution in [0.4, 0.5) is 5.00 Å². The van der Waals surface area contributed by atoms with Crippen molar-refractivity contribution in [3.63, 3.8) is 0 Å². The van der Waals surface area contributed by atoms with Crippen molar-refractivity contribution in [1.29, 1.82) is 0 Å². The maximum atomic E-state index is 12.4. The highest BCUT2D eigenvalue weighted by Gasteiger charge is 2.22. The van der Waals surface area contributed by atoms with Crippen molar-refractivity contribution in [1.82, 2.24) is 9.80 Å². The van der Waals surface area contributed by atoms with Crippen molar-refractivity contribution >= 4 is 22.2 Å². The summed E-state index contributed by atoms with van der Waals surface area (Å²) in [7, 11) is 0. The fourth-order valence-electron chi connectivity index (χ4n) is 2.70. The van der Waals surface area contributed by atoms with Gasteiger partial charge in [-0.3, -0.25) is 19.8 Å². The van der Waals surface area contributed by atoms with Gasteiger partial charge < -0.3 is 10.0 Å². The number of hydrogen-bond acceptors (Lipinski definition) is 6. The van der Waals surface area contributed by atoms with E-state index in [-0.39, 0.29) is 21.6 Å². The van der Waals surface area contributed by atoms with E-state index < -0.39 is 0 Å². The van der Waals surface area contributed by atoms with Gasteiger partial charge in [-0.15, -0.1) is 0 Å². The van der Waals surface area contributed by atoms with Gasteiger partial charge in [0.2, 0.25) is 0 Å². The van der Waals surface area contributed by atoms with Gasteiger partial charge in [0.15, 0.2) is 0 Å². The molecule has 0 saturated carbocycles. The molecule has 24 heavy (non-hydrogen) atoms. The first-order valence-electron chi connectivity index (χ1n) is 7.55. The number of phenols is 1. The monoisotopic (exact) mass is 347 g/mol. The molecular formula is C16H17N3O4S. The number of rotatable bonds is 4. The Labute approximate surface area is 142 Å². The van der Waals surface area contributed by atoms with E-state index in [1.807, 2.05) is 5.38 Å². The number of amides is 1. The Bertz CT molecular complexity index is 736. The standard InChI is InChI=1S/C16H17N3O4S/c20-14-3-1-13(2-4-14)16(21)18-7-5-17(6-8-18)10-12-9-15(19(22)23)24-11-12/h1-4,9,11,20H,5-8,10H2. The highest BCUT2D eigenvalue weighted by atomic mass is 32.1. The number of nitro groups is 1. The van der Waals surface area contributed by atoms with Crippen molar-refractivity contribution < 1.29 is 14.8 Å². The molecule has 0 aliphatic carbocycles. The summed E-state index contributed by atoms with van der Waals surface area (Å²) in [6.07, 6.45) is 0. The first kappa shape index (κ1) is 16.4. The predicted octanol–water partition coefficient (Wildman–Crippen LogP) is 2.32. The highest BCUT2D eigenvalue weighted by Crippen LogP contribution is 2.24. The molecule has 0 radical (unpaired) electrons. The summed E-state index contributed by atoms with van der Waals surface area (Å²) in [5, 5.41) is 22.0. The fourth-order valence-corrected chi connectivity index (χ4v) is 3.42. The van der Waals surface area contributed by atoms with E-state index in [2.05, 4.69) is 4.90 Å². The Balaban J connectivity index is 1.54. The fraction of sp³-hybridized carbons (Fsp3) is 0.312. The molecular weight excluding hydrogens is 330 g/mol. The van der Waals surface area contributed by atoms with Crippen LogP contribution in [0.3, 0.4) is 0 Å². The minimum atomic E-state index is -0.373. The Morgan fingerprint density at radius 3 is 2.46 bits per heavy atom. The van der Waals surface area contributed by atoms with Gasteiger partial charge in [-0.25, -0.2) is 0 Å². The SMILES string of the molecule is O=C(c1ccc(O)cc1)N1CCN(Cc2csc([N+](=O)[O-])c2)CC1. The molecule has 1 aliphatic heterocycles. The molecule has 1 saturated heterocycles. The summed E-state index contributed by atoms with van der Waals surface area (Å²) in [4.78, 5) is 26.7. The van der Waals surface area contributed by atoms with Gasteiger partial charge >= 0.3 is 5.00 Å². The second-order valence-corrected chi connectivity index (χ2v) is 6.56. The van der Waals surface area contributed by atoms with Crippen LogP contribution in [0.25, 0.3) is 0 Å². The van der Waals surface area contributed by atoms with Crippen LogP contribution >= 0.6 is 11.3 Å². The van der Waals surface area contributed by atoms with Crippen molar-refractivity contribution in [2.45, 2.75) is 6.54 Å². The third kappa shape index (κ3) is 3.72. The molecule has 1 aromatic carbocycles. The van der Waals surface area contributed by atoms with E-state index in [1.54, 1.807) is 23.1 Å². The van der Waals surface area contributed by atoms with Crippen molar-refractivity contribution in [3.05, 3.63) is 57.0 Å². The van der Waals surface area contributed by atoms with Gasteiger partial charge in [0.1, 0.15) is 5.75 Å². The molecule has 0 spiro atoms. The van der Waals surface area contributed by atoms with E-state index in [9.17, 15) is 20.0 Å². The smallest absolute Gasteiger partial charge is 0.324 e. The van der Waals surface area contributed by atoms with Crippen LogP contribution in [0, 0.1) is 10.1 Å². The molecule has 8 heteroatoms. The first-order valence-corrected chi connectivity index (χ1v) is 8.43. The second kappa shape index (κ2) is 6.98. The lowest BCUT2D eigenvalue weighted by atomic mass is 10.1. The number of benzene rings is 1. The lowest BCUT2D eigenvalue weighted by molar-refractivity contribution is -0.380. The minimum absolute atomic E-state index is 0.0409. The summed E-state index contributed by atoms with van der Waals surface area (Å²) < 4.78 is 0. The third-order valence-corrected chi connectivity index (χ3v) is 4.93. The molecule has 0 unspecified atom stereocenters. The van der Waals surface area contributed by atoms with Gasteiger partial charge in [0, 0.05) is 49.7 Å². The zero-order valence-electron chi connectivity index (χ0n) is 12.9. The van der Waals surface area contributed by atoms with Crippen molar-refractivity contribution in [2.24, 2.45) is 0 Å². The second-order valence-electron chi connectivity index (χ2n) is 5.67. The van der Waals surface area contributed by atoms with Gasteiger partial charge in [-0.2, -0.15) is 0 Å². The third-order valence-electron chi connectivity index (χ3n) is 4.00. The summed E-state index contributed by atoms with van der Waals surface area (Å²) in [6, 6.07) is 7.86. The molecule has 1 amide bonds. The lowest BCUT2D eigenvalue weighted by Gasteiger charge is -2.34. The Morgan fingerprint density at radius 1 is 1.21 bits per heavy atom. The molecule has 2 aromatic rings. The number of carbonyl (C=O) groups is 1. The van der Waals surface area contributed by atoms with Crippen molar-refractivity contribution in [3.8, 4) is 5.75 Å². The maximum Gasteiger partial charge on any atom is 0.324 e. The van der Waals surface area contributed by atoms with Crippen LogP contribution in [-0.2, 0) is 6.54 Å². The molecule has 1 fully saturated rings. The first-order chi connectivity index (χ1) is 11.5. The van der Waals surface area contributed by atoms with Gasteiger partial charge in [-0.05, 0) is 29.8 Å². The van der Waals surface area contributed by atoms with Gasteiger partial charge in [0.05, 0.1) is 4.92 Å². The quantitative estimate of drug-likeness (QED) is 0.677. The van der Waals surface area contributed by atoms with E-state index in [1.165, 1.54) is 12.1 Å². The normalized spacial score (nSPS) is 15.4. The molecule has 2 heterocycles. The molecule has 7 nitrogen and oxygen atoms in total. The molecule has 3 rings (SSSR count). The summed E-state index contributed by atoms with van der Waals surface area (Å²) >= 11 is 1.14. The van der Waals surface area contributed by atoms with Crippen LogP contribution in [0.15, 0.2) is 35.7 Å². The Kier molecular flexibility index (Phi) is 4.77. The number of aromatic hydroxyl groups is 1. The van der Waals surface area contributed by atoms with E-state index >= 15 is 0 Å². The van der Waals surface area contributed by atoms with Gasteiger partial charge in [0.25, 0.3) is 5.91 Å². The molecule has 1 aliphatic rings. The molecule has 1 N–H and O–H groups in total. The van der Waals surface area contributed by atoms with Crippen LogP contribution in [0.1, 0.15) is 15.9 Å². The maximum absolute atomic E-state index is 12.4. The van der Waals surface area contributed by atoms with Crippen LogP contribution in [0.5, 0.6) is 5.75 Å². The van der Waals surface area contributed by atoms with Crippen molar-refractivity contribution in [2.75, 3.05) is 26.2 Å². The number of hydrogen-bond donors (Lipinski definition) is 1. The minimum Gasteiger partial charge on any atom is -0.508 e. The average molecular weight is 347 g/mol. The highest BCUT2D eigenvalue weighted by molar-refractivity contribution is 7.13. The van der Waals surface area contributed by atoms with Crippen LogP contribution in [0.2, 0.25) is 0 Å². The zero-order chi connectivity index (χ0) is 17.1. The molecule has 0 bridgehead atoms. The summed E-state index contributed by atoms with van der Waals surface area (Å²) in [5.41, 5.74) is 1.50. The number of phenolic OH excluding ortho intramolecular Hbond substituents is 1. The largest absolute Gasteiger partial charge is 0.508 e. The van der Waals surface area contributed by atoms with Crippen LogP contribution in [-0.4, -0.2) is 51.9 Å². The predicted molar refractivity (Wildman–Crippen MR) is 90.3 cm³/mol. The molecule has 1 aromatic heterocycles. The summed E-state index contributed by atoms with van der Waals surface area (Å²) in [5.74, 6) is 0.0991. The number of piperazine rings is 1. The summed E-state index contributed by atoms with van der Waals surface area (Å²) in [6.45, 7) is 3.35. The van der Waals surface area contributed by atoms with E-state index in [0.717, 1.165) is 30.0 Å². The lowest BCUT2D eigenvalue weighted by Crippen LogP contribution is -2.48. The topological polar surface area (TPSA) is 86.9 Å². The Hall–Kier alpha value is -2.45. The van der Waals surface area contributed by atoms with E-state index in [4.69, 9.17) is 0 Å². The van der Waals surface area contributed by atoms with Gasteiger partial charge in [-0.1, -0.05) is 11.3 Å². The molecule has 126 valence electrons. The van der Waals surface area contributed by atoms with E-state index in [0.29, 0.717) is 25.2 Å². The number of nitrogens with zero attached hydrogens (tertiary/aromatic N) is 3. The molecule has 0 atom stereocenters.